The summed E-state index contributed by atoms with van der Waals surface area (Å²) >= 11 is 0. The number of carbonyl (C=O) groups excluding carboxylic acids is 1. The maximum Gasteiger partial charge on any atom is 0.329 e. The Morgan fingerprint density at radius 2 is 1.50 bits per heavy atom. The van der Waals surface area contributed by atoms with Crippen LogP contribution in [0.4, 0.5) is 0 Å². The van der Waals surface area contributed by atoms with Crippen LogP contribution in [-0.2, 0) is 9.59 Å². The van der Waals surface area contributed by atoms with Crippen LogP contribution < -0.4 is 0 Å². The van der Waals surface area contributed by atoms with Gasteiger partial charge in [-0.1, -0.05) is 34.6 Å². The minimum absolute atomic E-state index is 0.0818. The predicted molar refractivity (Wildman–Crippen MR) is 79.5 cm³/mol. The summed E-state index contributed by atoms with van der Waals surface area (Å²) in [6.45, 7) is 12.4. The largest absolute Gasteiger partial charge is 0.479 e. The number of hydrogen-bond acceptors (Lipinski definition) is 2. The molecule has 1 N–H and O–H groups in total. The van der Waals surface area contributed by atoms with Crippen molar-refractivity contribution in [3.05, 3.63) is 0 Å². The summed E-state index contributed by atoms with van der Waals surface area (Å²) in [5.74, 6) is -0.996. The lowest BCUT2D eigenvalue weighted by Crippen LogP contribution is -2.62. The quantitative estimate of drug-likeness (QED) is 0.861. The molecule has 0 aromatic rings. The highest BCUT2D eigenvalue weighted by atomic mass is 16.4. The average Bonchev–Trinajstić information content (AvgIpc) is 2.20. The average molecular weight is 283 g/mol. The topological polar surface area (TPSA) is 57.6 Å². The van der Waals surface area contributed by atoms with E-state index in [9.17, 15) is 14.7 Å². The van der Waals surface area contributed by atoms with Crippen LogP contribution in [0, 0.1) is 10.8 Å². The molecule has 0 aromatic heterocycles. The molecule has 4 heteroatoms. The fraction of sp³-hybridized carbons (Fsp3) is 0.875. The van der Waals surface area contributed by atoms with Gasteiger partial charge in [0.1, 0.15) is 5.54 Å². The third-order valence-electron chi connectivity index (χ3n) is 4.24. The summed E-state index contributed by atoms with van der Waals surface area (Å²) < 4.78 is 0. The summed E-state index contributed by atoms with van der Waals surface area (Å²) in [5.41, 5.74) is -1.23. The van der Waals surface area contributed by atoms with Crippen molar-refractivity contribution in [1.82, 2.24) is 4.90 Å². The van der Waals surface area contributed by atoms with E-state index in [1.165, 1.54) is 6.92 Å². The van der Waals surface area contributed by atoms with Gasteiger partial charge in [-0.2, -0.15) is 0 Å². The molecule has 0 aromatic carbocycles. The Hall–Kier alpha value is -1.06. The fourth-order valence-electron chi connectivity index (χ4n) is 4.42. The molecular weight excluding hydrogens is 254 g/mol. The number of hydrogen-bond donors (Lipinski definition) is 1. The Balaban J connectivity index is 3.32. The zero-order valence-corrected chi connectivity index (χ0v) is 13.7. The molecule has 0 bridgehead atoms. The van der Waals surface area contributed by atoms with Gasteiger partial charge in [-0.05, 0) is 36.5 Å². The number of amides is 1. The SMILES string of the molecule is CCCN(C(C)=O)C1(C(=O)O)CC(C)(C)CC(C)(C)C1. The van der Waals surface area contributed by atoms with E-state index in [4.69, 9.17) is 0 Å². The smallest absolute Gasteiger partial charge is 0.329 e. The first kappa shape index (κ1) is 17.0. The molecule has 0 radical (unpaired) electrons. The van der Waals surface area contributed by atoms with Gasteiger partial charge >= 0.3 is 5.97 Å². The molecule has 1 aliphatic carbocycles. The second-order valence-electron chi connectivity index (χ2n) is 7.87. The molecule has 1 saturated carbocycles. The Bertz CT molecular complexity index is 383. The van der Waals surface area contributed by atoms with Crippen molar-refractivity contribution < 1.29 is 14.7 Å². The molecule has 0 heterocycles. The molecule has 0 unspecified atom stereocenters. The molecule has 20 heavy (non-hydrogen) atoms. The molecule has 1 aliphatic rings. The summed E-state index contributed by atoms with van der Waals surface area (Å²) in [5, 5.41) is 9.91. The molecule has 0 spiro atoms. The Kier molecular flexibility index (Phi) is 4.57. The fourth-order valence-corrected chi connectivity index (χ4v) is 4.42. The molecule has 0 atom stereocenters. The van der Waals surface area contributed by atoms with Gasteiger partial charge in [-0.15, -0.1) is 0 Å². The van der Waals surface area contributed by atoms with E-state index >= 15 is 0 Å². The Morgan fingerprint density at radius 1 is 1.05 bits per heavy atom. The van der Waals surface area contributed by atoms with E-state index in [0.29, 0.717) is 19.4 Å². The molecule has 116 valence electrons. The first-order valence-corrected chi connectivity index (χ1v) is 7.47. The number of nitrogens with zero attached hydrogens (tertiary/aromatic N) is 1. The van der Waals surface area contributed by atoms with Crippen LogP contribution in [0.15, 0.2) is 0 Å². The first-order valence-electron chi connectivity index (χ1n) is 7.47. The van der Waals surface area contributed by atoms with Crippen molar-refractivity contribution in [3.63, 3.8) is 0 Å². The van der Waals surface area contributed by atoms with Gasteiger partial charge in [-0.3, -0.25) is 4.79 Å². The maximum atomic E-state index is 12.1. The highest BCUT2D eigenvalue weighted by Crippen LogP contribution is 2.52. The number of carbonyl (C=O) groups is 2. The Morgan fingerprint density at radius 3 is 1.80 bits per heavy atom. The second kappa shape index (κ2) is 5.38. The molecule has 1 fully saturated rings. The molecule has 0 aliphatic heterocycles. The van der Waals surface area contributed by atoms with Gasteiger partial charge in [0, 0.05) is 13.5 Å². The number of carboxylic acids is 1. The van der Waals surface area contributed by atoms with Crippen molar-refractivity contribution in [2.75, 3.05) is 6.54 Å². The lowest BCUT2D eigenvalue weighted by atomic mass is 9.58. The highest BCUT2D eigenvalue weighted by molar-refractivity contribution is 5.86. The summed E-state index contributed by atoms with van der Waals surface area (Å²) in [6, 6.07) is 0. The molecule has 1 rings (SSSR count). The third-order valence-corrected chi connectivity index (χ3v) is 4.24. The van der Waals surface area contributed by atoms with Crippen molar-refractivity contribution in [2.45, 2.75) is 72.8 Å². The van der Waals surface area contributed by atoms with Crippen LogP contribution in [0.25, 0.3) is 0 Å². The zero-order valence-electron chi connectivity index (χ0n) is 13.7. The van der Waals surface area contributed by atoms with Gasteiger partial charge in [0.05, 0.1) is 0 Å². The Labute approximate surface area is 122 Å². The summed E-state index contributed by atoms with van der Waals surface area (Å²) in [7, 11) is 0. The van der Waals surface area contributed by atoms with Crippen LogP contribution in [0.2, 0.25) is 0 Å². The van der Waals surface area contributed by atoms with Crippen LogP contribution in [0.1, 0.15) is 67.2 Å². The lowest BCUT2D eigenvalue weighted by molar-refractivity contribution is -0.169. The highest BCUT2D eigenvalue weighted by Gasteiger charge is 2.55. The minimum Gasteiger partial charge on any atom is -0.479 e. The summed E-state index contributed by atoms with van der Waals surface area (Å²) in [6.07, 6.45) is 2.80. The number of carboxylic acid groups (broad SMARTS) is 1. The van der Waals surface area contributed by atoms with E-state index in [1.807, 2.05) is 6.92 Å². The van der Waals surface area contributed by atoms with E-state index < -0.39 is 11.5 Å². The minimum atomic E-state index is -1.06. The van der Waals surface area contributed by atoms with E-state index in [0.717, 1.165) is 12.8 Å². The predicted octanol–water partition coefficient (Wildman–Crippen LogP) is 3.30. The second-order valence-corrected chi connectivity index (χ2v) is 7.87. The van der Waals surface area contributed by atoms with Gasteiger partial charge in [0.25, 0.3) is 0 Å². The maximum absolute atomic E-state index is 12.1. The van der Waals surface area contributed by atoms with Crippen LogP contribution in [0.3, 0.4) is 0 Å². The number of aliphatic carboxylic acids is 1. The van der Waals surface area contributed by atoms with Gasteiger partial charge in [-0.25, -0.2) is 4.79 Å². The lowest BCUT2D eigenvalue weighted by Gasteiger charge is -2.53. The van der Waals surface area contributed by atoms with Gasteiger partial charge in [0.15, 0.2) is 0 Å². The van der Waals surface area contributed by atoms with Gasteiger partial charge in [0.2, 0.25) is 5.91 Å². The first-order chi connectivity index (χ1) is 8.96. The van der Waals surface area contributed by atoms with E-state index in [1.54, 1.807) is 4.90 Å². The molecule has 0 saturated heterocycles. The number of rotatable bonds is 4. The van der Waals surface area contributed by atoms with Crippen LogP contribution >= 0.6 is 0 Å². The monoisotopic (exact) mass is 283 g/mol. The van der Waals surface area contributed by atoms with Crippen molar-refractivity contribution in [3.8, 4) is 0 Å². The van der Waals surface area contributed by atoms with Crippen LogP contribution in [0.5, 0.6) is 0 Å². The van der Waals surface area contributed by atoms with Crippen molar-refractivity contribution in [1.29, 1.82) is 0 Å². The molecule has 1 amide bonds. The van der Waals surface area contributed by atoms with E-state index in [2.05, 4.69) is 27.7 Å². The standard InChI is InChI=1S/C16H29NO3/c1-7-8-17(12(2)18)16(13(19)20)10-14(3,4)9-15(5,6)11-16/h7-11H2,1-6H3,(H,19,20). The summed E-state index contributed by atoms with van der Waals surface area (Å²) in [4.78, 5) is 25.7. The van der Waals surface area contributed by atoms with E-state index in [-0.39, 0.29) is 16.7 Å². The zero-order chi connectivity index (χ0) is 15.8. The van der Waals surface area contributed by atoms with Gasteiger partial charge < -0.3 is 10.0 Å². The molecule has 4 nitrogen and oxygen atoms in total. The van der Waals surface area contributed by atoms with Crippen molar-refractivity contribution >= 4 is 11.9 Å². The van der Waals surface area contributed by atoms with Crippen molar-refractivity contribution in [2.24, 2.45) is 10.8 Å². The normalized spacial score (nSPS) is 23.1. The van der Waals surface area contributed by atoms with Crippen LogP contribution in [-0.4, -0.2) is 34.0 Å². The molecular formula is C16H29NO3. The third kappa shape index (κ3) is 3.33.